The summed E-state index contributed by atoms with van der Waals surface area (Å²) in [5, 5.41) is 17.1. The zero-order valence-electron chi connectivity index (χ0n) is 33.5. The minimum absolute atomic E-state index is 0.0674. The van der Waals surface area contributed by atoms with E-state index in [1.165, 1.54) is 5.57 Å². The molecule has 9 heteroatoms. The van der Waals surface area contributed by atoms with E-state index < -0.39 is 11.5 Å². The number of hydrogen-bond donors (Lipinski definition) is 1. The van der Waals surface area contributed by atoms with Gasteiger partial charge in [0.05, 0.1) is 38.4 Å². The van der Waals surface area contributed by atoms with Crippen molar-refractivity contribution in [1.82, 2.24) is 19.7 Å². The van der Waals surface area contributed by atoms with Gasteiger partial charge < -0.3 is 19.3 Å². The first-order valence-corrected chi connectivity index (χ1v) is 20.3. The van der Waals surface area contributed by atoms with Gasteiger partial charge in [0.1, 0.15) is 18.7 Å². The molecule has 3 heterocycles. The average Bonchev–Trinajstić information content (AvgIpc) is 3.66. The fraction of sp³-hybridized carbons (Fsp3) is 0.644. The number of benzene rings is 1. The number of rotatable bonds is 8. The molecule has 9 nitrogen and oxygen atoms in total. The first-order chi connectivity index (χ1) is 25.7. The molecule has 0 unspecified atom stereocenters. The minimum atomic E-state index is -0.641. The molecule has 290 valence electrons. The Morgan fingerprint density at radius 1 is 1.00 bits per heavy atom. The standard InChI is InChI=1S/C45H60N4O5/c1-28(2)29(3)41(4)19-20-43(6)33-13-14-36-42(5)25-53-26-45(36,23-35(38(42)50)49-39(47-27-48-49)31-16-21-46-22-17-31)34(33)15-18-44(43,7)37(41)40(51)54-24-30-9-11-32(52-8)12-10-30/h9-12,15-17,21-22,27-29,33,35-38,50H,13-14,18-20,23-26H2,1-8H3/t29-,33+,35-,36+,37-,38+,41-,42-,43-,44+,45+/m1/s1. The highest BCUT2D eigenvalue weighted by Crippen LogP contribution is 2.75. The van der Waals surface area contributed by atoms with Gasteiger partial charge in [-0.15, -0.1) is 0 Å². The number of aliphatic hydroxyl groups excluding tert-OH is 1. The fourth-order valence-electron chi connectivity index (χ4n) is 13.0. The lowest BCUT2D eigenvalue weighted by Crippen LogP contribution is -2.68. The number of carbonyl (C=O) groups is 1. The van der Waals surface area contributed by atoms with Crippen molar-refractivity contribution < 1.29 is 24.1 Å². The molecule has 1 aliphatic heterocycles. The van der Waals surface area contributed by atoms with Crippen molar-refractivity contribution in [2.24, 2.45) is 56.7 Å². The van der Waals surface area contributed by atoms with Crippen molar-refractivity contribution in [1.29, 1.82) is 0 Å². The maximum absolute atomic E-state index is 14.9. The highest BCUT2D eigenvalue weighted by Gasteiger charge is 2.71. The summed E-state index contributed by atoms with van der Waals surface area (Å²) in [6, 6.07) is 11.5. The molecule has 54 heavy (non-hydrogen) atoms. The van der Waals surface area contributed by atoms with Crippen molar-refractivity contribution in [2.45, 2.75) is 106 Å². The minimum Gasteiger partial charge on any atom is -0.497 e. The predicted octanol–water partition coefficient (Wildman–Crippen LogP) is 8.50. The maximum atomic E-state index is 14.9. The second kappa shape index (κ2) is 13.3. The third-order valence-electron chi connectivity index (χ3n) is 16.5. The number of ether oxygens (including phenoxy) is 3. The van der Waals surface area contributed by atoms with E-state index in [-0.39, 0.29) is 52.1 Å². The Hall–Kier alpha value is -3.56. The molecule has 3 saturated carbocycles. The largest absolute Gasteiger partial charge is 0.497 e. The summed E-state index contributed by atoms with van der Waals surface area (Å²) >= 11 is 0. The first-order valence-electron chi connectivity index (χ1n) is 20.3. The summed E-state index contributed by atoms with van der Waals surface area (Å²) < 4.78 is 20.3. The molecule has 4 aliphatic carbocycles. The van der Waals surface area contributed by atoms with E-state index in [4.69, 9.17) is 24.3 Å². The van der Waals surface area contributed by atoms with Crippen LogP contribution in [-0.4, -0.2) is 57.3 Å². The van der Waals surface area contributed by atoms with E-state index in [1.54, 1.807) is 25.8 Å². The Bertz CT molecular complexity index is 1890. The highest BCUT2D eigenvalue weighted by molar-refractivity contribution is 5.75. The summed E-state index contributed by atoms with van der Waals surface area (Å²) in [5.74, 6) is 2.56. The van der Waals surface area contributed by atoms with Gasteiger partial charge in [0.25, 0.3) is 0 Å². The monoisotopic (exact) mass is 736 g/mol. The van der Waals surface area contributed by atoms with E-state index in [1.807, 2.05) is 41.1 Å². The lowest BCUT2D eigenvalue weighted by molar-refractivity contribution is -0.241. The average molecular weight is 737 g/mol. The number of carbonyl (C=O) groups excluding carboxylic acids is 1. The van der Waals surface area contributed by atoms with Crippen molar-refractivity contribution >= 4 is 5.97 Å². The van der Waals surface area contributed by atoms with Gasteiger partial charge in [-0.25, -0.2) is 9.67 Å². The molecule has 0 amide bonds. The van der Waals surface area contributed by atoms with Gasteiger partial charge in [-0.3, -0.25) is 9.78 Å². The van der Waals surface area contributed by atoms with E-state index >= 15 is 0 Å². The van der Waals surface area contributed by atoms with Crippen LogP contribution in [0.1, 0.15) is 98.6 Å². The number of nitrogens with zero attached hydrogens (tertiary/aromatic N) is 4. The summed E-state index contributed by atoms with van der Waals surface area (Å²) in [6.07, 6.45) is 12.7. The smallest absolute Gasteiger partial charge is 0.310 e. The Morgan fingerprint density at radius 2 is 1.74 bits per heavy atom. The molecular formula is C45H60N4O5. The molecule has 4 fully saturated rings. The molecule has 2 bridgehead atoms. The molecule has 1 N–H and O–H groups in total. The topological polar surface area (TPSA) is 109 Å². The van der Waals surface area contributed by atoms with Gasteiger partial charge in [-0.05, 0) is 108 Å². The SMILES string of the molecule is COc1ccc(COC(=O)[C@@H]2[C@@](C)([C@H](C)C(C)C)CC[C@]3(C)[C@H]4CC[C@@H]5[C@@]6(COC[C@@]5(C)[C@@H](O)[C@H](n5ncnc5-c5ccncc5)C6)C4=CC[C@@]23C)cc1. The fourth-order valence-corrected chi connectivity index (χ4v) is 13.0. The Balaban J connectivity index is 1.19. The van der Waals surface area contributed by atoms with Crippen LogP contribution in [0.15, 0.2) is 66.8 Å². The Kier molecular flexibility index (Phi) is 9.19. The summed E-state index contributed by atoms with van der Waals surface area (Å²) in [4.78, 5) is 23.8. The second-order valence-electron chi connectivity index (χ2n) is 18.9. The van der Waals surface area contributed by atoms with Crippen molar-refractivity contribution in [3.05, 3.63) is 72.3 Å². The lowest BCUT2D eigenvalue weighted by Gasteiger charge is -2.71. The molecule has 1 aromatic carbocycles. The van der Waals surface area contributed by atoms with E-state index in [0.717, 1.165) is 61.2 Å². The number of methoxy groups -OCH3 is 1. The van der Waals surface area contributed by atoms with Crippen molar-refractivity contribution in [2.75, 3.05) is 20.3 Å². The van der Waals surface area contributed by atoms with E-state index in [0.29, 0.717) is 31.0 Å². The zero-order valence-corrected chi connectivity index (χ0v) is 33.5. The highest BCUT2D eigenvalue weighted by atomic mass is 16.5. The van der Waals surface area contributed by atoms with Crippen LogP contribution in [0.4, 0.5) is 0 Å². The van der Waals surface area contributed by atoms with E-state index in [9.17, 15) is 9.90 Å². The van der Waals surface area contributed by atoms with Crippen molar-refractivity contribution in [3.63, 3.8) is 0 Å². The number of esters is 1. The summed E-state index contributed by atoms with van der Waals surface area (Å²) in [6.45, 7) is 17.9. The van der Waals surface area contributed by atoms with Crippen LogP contribution in [-0.2, 0) is 20.9 Å². The summed E-state index contributed by atoms with van der Waals surface area (Å²) in [7, 11) is 1.66. The van der Waals surface area contributed by atoms with Crippen LogP contribution in [0.3, 0.4) is 0 Å². The van der Waals surface area contributed by atoms with Crippen LogP contribution in [0, 0.1) is 56.7 Å². The van der Waals surface area contributed by atoms with Gasteiger partial charge in [0.2, 0.25) is 0 Å². The molecule has 0 radical (unpaired) electrons. The molecular weight excluding hydrogens is 677 g/mol. The number of hydrogen-bond acceptors (Lipinski definition) is 8. The van der Waals surface area contributed by atoms with Crippen LogP contribution < -0.4 is 4.74 Å². The van der Waals surface area contributed by atoms with Gasteiger partial charge >= 0.3 is 5.97 Å². The lowest BCUT2D eigenvalue weighted by atomic mass is 9.34. The normalized spacial score (nSPS) is 39.1. The molecule has 0 spiro atoms. The Morgan fingerprint density at radius 3 is 2.44 bits per heavy atom. The van der Waals surface area contributed by atoms with Gasteiger partial charge in [-0.2, -0.15) is 5.10 Å². The number of pyridine rings is 1. The molecule has 11 atom stereocenters. The predicted molar refractivity (Wildman–Crippen MR) is 207 cm³/mol. The van der Waals surface area contributed by atoms with Crippen LogP contribution in [0.2, 0.25) is 0 Å². The molecule has 8 rings (SSSR count). The molecule has 5 aliphatic rings. The van der Waals surface area contributed by atoms with Crippen LogP contribution in [0.5, 0.6) is 5.75 Å². The van der Waals surface area contributed by atoms with Crippen LogP contribution in [0.25, 0.3) is 11.4 Å². The third-order valence-corrected chi connectivity index (χ3v) is 16.5. The third kappa shape index (κ3) is 5.30. The van der Waals surface area contributed by atoms with Crippen LogP contribution >= 0.6 is 0 Å². The molecule has 3 aromatic rings. The van der Waals surface area contributed by atoms with Gasteiger partial charge in [0, 0.05) is 28.8 Å². The number of fused-ring (bicyclic) bond motifs is 3. The maximum Gasteiger partial charge on any atom is 0.310 e. The van der Waals surface area contributed by atoms with E-state index in [2.05, 4.69) is 59.5 Å². The number of aliphatic hydroxyl groups is 1. The summed E-state index contributed by atoms with van der Waals surface area (Å²) in [5.41, 5.74) is 2.04. The quantitative estimate of drug-likeness (QED) is 0.181. The molecule has 2 aromatic heterocycles. The van der Waals surface area contributed by atoms with Gasteiger partial charge in [-0.1, -0.05) is 72.2 Å². The molecule has 1 saturated heterocycles. The van der Waals surface area contributed by atoms with Crippen molar-refractivity contribution in [3.8, 4) is 17.1 Å². The van der Waals surface area contributed by atoms with Gasteiger partial charge in [0.15, 0.2) is 5.82 Å². The number of allylic oxidation sites excluding steroid dienone is 1. The Labute approximate surface area is 321 Å². The number of aromatic nitrogens is 4. The second-order valence-corrected chi connectivity index (χ2v) is 18.9. The zero-order chi connectivity index (χ0) is 38.3. The first kappa shape index (κ1) is 37.4.